The number of aromatic nitrogens is 2. The lowest BCUT2D eigenvalue weighted by molar-refractivity contribution is 0.0231. The lowest BCUT2D eigenvalue weighted by Gasteiger charge is -2.39. The fourth-order valence-corrected chi connectivity index (χ4v) is 5.66. The zero-order valence-electron chi connectivity index (χ0n) is 17.8. The van der Waals surface area contributed by atoms with Crippen LogP contribution in [-0.2, 0) is 27.1 Å². The molecule has 0 saturated carbocycles. The molecule has 1 atom stereocenters. The SMILES string of the molecule is CN(c1nc(N2CC(OC(=O)c3ccc(F)cc3)C2)nc2c1[S+]([O-])CC2)C1CCOCC1. The van der Waals surface area contributed by atoms with Crippen molar-refractivity contribution in [2.24, 2.45) is 0 Å². The monoisotopic (exact) mass is 460 g/mol. The number of nitrogens with zero attached hydrogens (tertiary/aromatic N) is 4. The number of benzene rings is 1. The van der Waals surface area contributed by atoms with Crippen LogP contribution in [0.3, 0.4) is 0 Å². The molecule has 1 unspecified atom stereocenters. The van der Waals surface area contributed by atoms with E-state index >= 15 is 0 Å². The van der Waals surface area contributed by atoms with Gasteiger partial charge in [-0.1, -0.05) is 0 Å². The van der Waals surface area contributed by atoms with Crippen molar-refractivity contribution in [2.45, 2.75) is 36.3 Å². The molecule has 5 rings (SSSR count). The van der Waals surface area contributed by atoms with Gasteiger partial charge < -0.3 is 23.8 Å². The van der Waals surface area contributed by atoms with Crippen LogP contribution in [0.5, 0.6) is 0 Å². The average Bonchev–Trinajstić information content (AvgIpc) is 3.16. The summed E-state index contributed by atoms with van der Waals surface area (Å²) >= 11 is -1.09. The Balaban J connectivity index is 1.29. The first kappa shape index (κ1) is 21.4. The summed E-state index contributed by atoms with van der Waals surface area (Å²) < 4.78 is 36.7. The van der Waals surface area contributed by atoms with Gasteiger partial charge >= 0.3 is 5.97 Å². The number of halogens is 1. The second-order valence-electron chi connectivity index (χ2n) is 8.32. The van der Waals surface area contributed by atoms with Crippen LogP contribution in [-0.4, -0.2) is 71.7 Å². The first-order chi connectivity index (χ1) is 15.5. The van der Waals surface area contributed by atoms with Crippen molar-refractivity contribution in [2.75, 3.05) is 48.9 Å². The number of rotatable bonds is 5. The zero-order valence-corrected chi connectivity index (χ0v) is 18.6. The smallest absolute Gasteiger partial charge is 0.338 e. The minimum atomic E-state index is -1.09. The molecule has 4 heterocycles. The van der Waals surface area contributed by atoms with Crippen molar-refractivity contribution >= 4 is 28.9 Å². The van der Waals surface area contributed by atoms with Crippen molar-refractivity contribution in [3.63, 3.8) is 0 Å². The molecule has 3 aliphatic heterocycles. The van der Waals surface area contributed by atoms with E-state index in [0.717, 1.165) is 29.2 Å². The van der Waals surface area contributed by atoms with Crippen molar-refractivity contribution in [3.8, 4) is 0 Å². The maximum absolute atomic E-state index is 13.1. The highest BCUT2D eigenvalue weighted by Crippen LogP contribution is 2.36. The highest BCUT2D eigenvalue weighted by Gasteiger charge is 2.38. The van der Waals surface area contributed by atoms with Crippen LogP contribution in [0, 0.1) is 5.82 Å². The third-order valence-corrected chi connectivity index (χ3v) is 7.66. The summed E-state index contributed by atoms with van der Waals surface area (Å²) in [6.07, 6.45) is 2.20. The molecule has 1 aromatic carbocycles. The van der Waals surface area contributed by atoms with Crippen LogP contribution in [0.1, 0.15) is 28.9 Å². The Morgan fingerprint density at radius 3 is 2.69 bits per heavy atom. The number of esters is 1. The molecule has 0 spiro atoms. The van der Waals surface area contributed by atoms with E-state index in [9.17, 15) is 13.7 Å². The van der Waals surface area contributed by atoms with Crippen molar-refractivity contribution in [1.82, 2.24) is 9.97 Å². The van der Waals surface area contributed by atoms with Gasteiger partial charge in [0.2, 0.25) is 10.8 Å². The van der Waals surface area contributed by atoms with Gasteiger partial charge in [0.25, 0.3) is 0 Å². The van der Waals surface area contributed by atoms with Gasteiger partial charge in [-0.05, 0) is 48.3 Å². The number of carbonyl (C=O) groups is 1. The minimum Gasteiger partial charge on any atom is -0.611 e. The number of hydrogen-bond donors (Lipinski definition) is 0. The van der Waals surface area contributed by atoms with Gasteiger partial charge in [-0.25, -0.2) is 14.2 Å². The molecule has 0 amide bonds. The quantitative estimate of drug-likeness (QED) is 0.494. The number of carbonyl (C=O) groups excluding carboxylic acids is 1. The predicted octanol–water partition coefficient (Wildman–Crippen LogP) is 1.94. The molecule has 170 valence electrons. The van der Waals surface area contributed by atoms with Crippen LogP contribution in [0.4, 0.5) is 16.2 Å². The summed E-state index contributed by atoms with van der Waals surface area (Å²) in [5.74, 6) is 1.01. The van der Waals surface area contributed by atoms with Gasteiger partial charge in [0.05, 0.1) is 18.7 Å². The third kappa shape index (κ3) is 4.14. The van der Waals surface area contributed by atoms with Crippen molar-refractivity contribution in [1.29, 1.82) is 0 Å². The molecule has 0 radical (unpaired) electrons. The van der Waals surface area contributed by atoms with Gasteiger partial charge in [0.1, 0.15) is 23.4 Å². The molecule has 0 bridgehead atoms. The molecule has 1 aromatic heterocycles. The molecule has 0 aliphatic carbocycles. The summed E-state index contributed by atoms with van der Waals surface area (Å²) in [6, 6.07) is 5.59. The van der Waals surface area contributed by atoms with E-state index in [2.05, 4.69) is 9.88 Å². The molecule has 0 N–H and O–H groups in total. The Kier molecular flexibility index (Phi) is 5.92. The Hall–Kier alpha value is -2.43. The predicted molar refractivity (Wildman–Crippen MR) is 117 cm³/mol. The lowest BCUT2D eigenvalue weighted by atomic mass is 10.1. The van der Waals surface area contributed by atoms with Gasteiger partial charge in [-0.2, -0.15) is 4.98 Å². The number of anilines is 2. The van der Waals surface area contributed by atoms with Gasteiger partial charge in [0, 0.05) is 32.7 Å². The standard InChI is InChI=1S/C22H25FN4O4S/c1-26(16-6-9-30-10-7-16)20-19-18(8-11-32(19)29)24-22(25-20)27-12-17(13-27)31-21(28)14-2-4-15(23)5-3-14/h2-5,16-17H,6-13H2,1H3. The van der Waals surface area contributed by atoms with Crippen LogP contribution < -0.4 is 9.80 Å². The van der Waals surface area contributed by atoms with E-state index < -0.39 is 23.0 Å². The normalized spacial score (nSPS) is 21.2. The molecular weight excluding hydrogens is 435 g/mol. The number of ether oxygens (including phenoxy) is 2. The molecule has 32 heavy (non-hydrogen) atoms. The fourth-order valence-electron chi connectivity index (χ4n) is 4.27. The van der Waals surface area contributed by atoms with Crippen LogP contribution in [0.2, 0.25) is 0 Å². The number of hydrogen-bond acceptors (Lipinski definition) is 8. The largest absolute Gasteiger partial charge is 0.611 e. The Bertz CT molecular complexity index is 996. The second-order valence-corrected chi connectivity index (χ2v) is 9.82. The maximum Gasteiger partial charge on any atom is 0.338 e. The fraction of sp³-hybridized carbons (Fsp3) is 0.500. The third-order valence-electron chi connectivity index (χ3n) is 6.22. The number of fused-ring (bicyclic) bond motifs is 1. The Morgan fingerprint density at radius 1 is 1.25 bits per heavy atom. The van der Waals surface area contributed by atoms with Crippen LogP contribution in [0.25, 0.3) is 0 Å². The van der Waals surface area contributed by atoms with Crippen LogP contribution >= 0.6 is 0 Å². The molecule has 8 nitrogen and oxygen atoms in total. The van der Waals surface area contributed by atoms with E-state index in [1.807, 2.05) is 11.9 Å². The summed E-state index contributed by atoms with van der Waals surface area (Å²) in [5, 5.41) is 0. The molecule has 2 fully saturated rings. The first-order valence-corrected chi connectivity index (χ1v) is 12.1. The second kappa shape index (κ2) is 8.84. The summed E-state index contributed by atoms with van der Waals surface area (Å²) in [5.41, 5.74) is 1.16. The minimum absolute atomic E-state index is 0.282. The van der Waals surface area contributed by atoms with E-state index in [4.69, 9.17) is 14.5 Å². The van der Waals surface area contributed by atoms with Crippen molar-refractivity contribution < 1.29 is 23.2 Å². The van der Waals surface area contributed by atoms with Gasteiger partial charge in [0.15, 0.2) is 5.82 Å². The van der Waals surface area contributed by atoms with E-state index in [-0.39, 0.29) is 12.1 Å². The molecule has 3 aliphatic rings. The summed E-state index contributed by atoms with van der Waals surface area (Å²) in [6.45, 7) is 2.39. The van der Waals surface area contributed by atoms with Crippen LogP contribution in [0.15, 0.2) is 29.2 Å². The Labute approximate surface area is 188 Å². The van der Waals surface area contributed by atoms with E-state index in [0.29, 0.717) is 50.0 Å². The van der Waals surface area contributed by atoms with Crippen molar-refractivity contribution in [3.05, 3.63) is 41.3 Å². The summed E-state index contributed by atoms with van der Waals surface area (Å²) in [4.78, 5) is 26.6. The Morgan fingerprint density at radius 2 is 1.97 bits per heavy atom. The highest BCUT2D eigenvalue weighted by molar-refractivity contribution is 7.91. The molecule has 2 saturated heterocycles. The topological polar surface area (TPSA) is 90.9 Å². The van der Waals surface area contributed by atoms with E-state index in [1.54, 1.807) is 0 Å². The molecular formula is C22H25FN4O4S. The van der Waals surface area contributed by atoms with Gasteiger partial charge in [-0.3, -0.25) is 0 Å². The van der Waals surface area contributed by atoms with E-state index in [1.165, 1.54) is 24.3 Å². The first-order valence-electron chi connectivity index (χ1n) is 10.8. The van der Waals surface area contributed by atoms with Gasteiger partial charge in [-0.15, -0.1) is 0 Å². The summed E-state index contributed by atoms with van der Waals surface area (Å²) in [7, 11) is 2.00. The molecule has 10 heteroatoms. The maximum atomic E-state index is 13.1. The lowest BCUT2D eigenvalue weighted by Crippen LogP contribution is -2.54. The number of aryl methyl sites for hydroxylation is 1. The average molecular weight is 461 g/mol. The molecule has 2 aromatic rings. The highest BCUT2D eigenvalue weighted by atomic mass is 32.2. The zero-order chi connectivity index (χ0) is 22.2.